The van der Waals surface area contributed by atoms with E-state index in [1.54, 1.807) is 19.1 Å². The van der Waals surface area contributed by atoms with E-state index >= 15 is 0 Å². The number of nitrogens with zero attached hydrogens (tertiary/aromatic N) is 4. The quantitative estimate of drug-likeness (QED) is 0.199. The molecule has 0 saturated carbocycles. The number of carbonyl (C=O) groups is 5. The van der Waals surface area contributed by atoms with E-state index in [1.807, 2.05) is 0 Å². The second-order valence-corrected chi connectivity index (χ2v) is 11.2. The maximum Gasteiger partial charge on any atom is 0.353 e. The fraction of sp³-hybridized carbons (Fsp3) is 0.320. The summed E-state index contributed by atoms with van der Waals surface area (Å²) in [5.74, 6) is -4.26. The standard InChI is InChI=1S/C25H21N5O8S3/c1-11-27-28-18(38-11)14-9-41-24-25(10-39,23(37)30(24)17(14)22(35)36)26-16(40)8-4-7-15(21(33)34)29-19(31)12-5-2-3-6-13(12)20(29)32/h2-3,5-6,10,15,24H,4,7-9H2,1H3,(H,26,40)(H,33,34)(H,35,36)/t15?,24-,25?/m0/s1. The normalized spacial score (nSPS) is 22.2. The Hall–Kier alpha value is -4.02. The monoisotopic (exact) mass is 615 g/mol. The number of fused-ring (bicyclic) bond motifs is 2. The van der Waals surface area contributed by atoms with Gasteiger partial charge in [0.15, 0.2) is 5.54 Å². The van der Waals surface area contributed by atoms with Crippen LogP contribution in [-0.2, 0) is 14.4 Å². The zero-order chi connectivity index (χ0) is 29.6. The molecule has 0 bridgehead atoms. The summed E-state index contributed by atoms with van der Waals surface area (Å²) in [7, 11) is 0. The first-order chi connectivity index (χ1) is 19.5. The van der Waals surface area contributed by atoms with Crippen molar-refractivity contribution in [2.75, 3.05) is 5.75 Å². The highest BCUT2D eigenvalue weighted by atomic mass is 32.2. The van der Waals surface area contributed by atoms with E-state index in [-0.39, 0.29) is 64.2 Å². The lowest BCUT2D eigenvalue weighted by atomic mass is 9.87. The molecule has 13 nitrogen and oxygen atoms in total. The van der Waals surface area contributed by atoms with Crippen molar-refractivity contribution in [3.63, 3.8) is 0 Å². The molecule has 0 aliphatic carbocycles. The second-order valence-electron chi connectivity index (χ2n) is 9.40. The molecule has 3 N–H and O–H groups in total. The van der Waals surface area contributed by atoms with Gasteiger partial charge in [0.05, 0.1) is 21.7 Å². The molecule has 0 spiro atoms. The third-order valence-electron chi connectivity index (χ3n) is 6.93. The Morgan fingerprint density at radius 1 is 1.22 bits per heavy atom. The summed E-state index contributed by atoms with van der Waals surface area (Å²) >= 11 is 11.9. The van der Waals surface area contributed by atoms with E-state index in [0.29, 0.717) is 0 Å². The molecule has 3 aliphatic rings. The summed E-state index contributed by atoms with van der Waals surface area (Å²) < 4.78 is 5.39. The summed E-state index contributed by atoms with van der Waals surface area (Å²) in [5, 5.41) is 30.7. The van der Waals surface area contributed by atoms with E-state index in [4.69, 9.17) is 28.9 Å². The number of thioether (sulfide) groups is 1. The zero-order valence-corrected chi connectivity index (χ0v) is 23.7. The average Bonchev–Trinajstić information content (AvgIpc) is 3.49. The summed E-state index contributed by atoms with van der Waals surface area (Å²) in [6, 6.07) is 4.72. The SMILES string of the molecule is Cc1nnc(C2=C(C(=O)O)N3C(=O)C(C=S)(NC(=S)CCCC(C(=O)O)N4C(=O)c5ccccc5C4=O)[C@@H]3SC2)o1. The lowest BCUT2D eigenvalue weighted by Crippen LogP contribution is -2.80. The topological polar surface area (TPSA) is 183 Å². The number of hydrogen-bond donors (Lipinski definition) is 3. The molecule has 2 unspecified atom stereocenters. The van der Waals surface area contributed by atoms with Gasteiger partial charge in [-0.25, -0.2) is 9.59 Å². The molecule has 3 atom stereocenters. The van der Waals surface area contributed by atoms with Crippen molar-refractivity contribution >= 4 is 81.8 Å². The number of carboxylic acid groups (broad SMARTS) is 2. The minimum Gasteiger partial charge on any atom is -0.480 e. The fourth-order valence-electron chi connectivity index (χ4n) is 5.02. The van der Waals surface area contributed by atoms with Gasteiger partial charge in [-0.2, -0.15) is 0 Å². The minimum absolute atomic E-state index is 0.00743. The Labute approximate surface area is 246 Å². The maximum atomic E-state index is 13.4. The van der Waals surface area contributed by atoms with Gasteiger partial charge in [-0.05, 0) is 31.4 Å². The molecule has 1 aromatic carbocycles. The number of hydrogen-bond acceptors (Lipinski definition) is 11. The first kappa shape index (κ1) is 28.5. The molecule has 1 fully saturated rings. The van der Waals surface area contributed by atoms with E-state index < -0.39 is 46.6 Å². The Morgan fingerprint density at radius 3 is 2.41 bits per heavy atom. The van der Waals surface area contributed by atoms with Crippen LogP contribution in [0.25, 0.3) is 5.57 Å². The van der Waals surface area contributed by atoms with Crippen molar-refractivity contribution in [3.05, 3.63) is 52.9 Å². The van der Waals surface area contributed by atoms with Gasteiger partial charge in [0.2, 0.25) is 11.8 Å². The van der Waals surface area contributed by atoms with Crippen LogP contribution in [0.5, 0.6) is 0 Å². The molecule has 3 amide bonds. The average molecular weight is 616 g/mol. The minimum atomic E-state index is -1.47. The van der Waals surface area contributed by atoms with Crippen molar-refractivity contribution < 1.29 is 38.6 Å². The first-order valence-electron chi connectivity index (χ1n) is 12.2. The molecule has 16 heteroatoms. The van der Waals surface area contributed by atoms with Crippen LogP contribution in [0.4, 0.5) is 0 Å². The van der Waals surface area contributed by atoms with Gasteiger partial charge in [0.25, 0.3) is 17.7 Å². The number of aryl methyl sites for hydroxylation is 1. The first-order valence-corrected chi connectivity index (χ1v) is 14.1. The number of aliphatic carboxylic acids is 2. The number of thiocarbonyl (C=S) groups is 2. The molecular formula is C25H21N5O8S3. The van der Waals surface area contributed by atoms with Gasteiger partial charge in [-0.1, -0.05) is 36.6 Å². The van der Waals surface area contributed by atoms with Gasteiger partial charge in [0, 0.05) is 18.0 Å². The maximum absolute atomic E-state index is 13.4. The third kappa shape index (κ3) is 4.61. The van der Waals surface area contributed by atoms with Crippen LogP contribution in [0.2, 0.25) is 0 Å². The molecule has 2 aromatic rings. The van der Waals surface area contributed by atoms with Crippen LogP contribution in [0.15, 0.2) is 34.4 Å². The number of β-lactam (4-membered cyclic amide) rings is 1. The number of rotatable bonds is 10. The molecule has 3 aliphatic heterocycles. The Morgan fingerprint density at radius 2 is 1.88 bits per heavy atom. The highest BCUT2D eigenvalue weighted by Crippen LogP contribution is 2.47. The van der Waals surface area contributed by atoms with Crippen molar-refractivity contribution in [1.82, 2.24) is 25.3 Å². The number of amides is 3. The lowest BCUT2D eigenvalue weighted by Gasteiger charge is -2.55. The van der Waals surface area contributed by atoms with Gasteiger partial charge in [0.1, 0.15) is 17.1 Å². The summed E-state index contributed by atoms with van der Waals surface area (Å²) in [6.07, 6.45) is 0.205. The predicted molar refractivity (Wildman–Crippen MR) is 151 cm³/mol. The van der Waals surface area contributed by atoms with Crippen molar-refractivity contribution in [2.24, 2.45) is 0 Å². The Bertz CT molecular complexity index is 1540. The van der Waals surface area contributed by atoms with Crippen LogP contribution in [0, 0.1) is 6.92 Å². The largest absolute Gasteiger partial charge is 0.480 e. The summed E-state index contributed by atoms with van der Waals surface area (Å²) in [4.78, 5) is 65.1. The molecule has 5 rings (SSSR count). The van der Waals surface area contributed by atoms with Gasteiger partial charge >= 0.3 is 11.9 Å². The van der Waals surface area contributed by atoms with Crippen LogP contribution in [0.3, 0.4) is 0 Å². The van der Waals surface area contributed by atoms with Crippen molar-refractivity contribution in [2.45, 2.75) is 43.1 Å². The van der Waals surface area contributed by atoms with Crippen LogP contribution in [0.1, 0.15) is 51.8 Å². The fourth-order valence-corrected chi connectivity index (χ4v) is 7.13. The zero-order valence-electron chi connectivity index (χ0n) is 21.2. The molecular weight excluding hydrogens is 595 g/mol. The second kappa shape index (κ2) is 10.8. The summed E-state index contributed by atoms with van der Waals surface area (Å²) in [6.45, 7) is 1.56. The molecule has 1 saturated heterocycles. The highest BCUT2D eigenvalue weighted by Gasteiger charge is 2.64. The van der Waals surface area contributed by atoms with Crippen LogP contribution >= 0.6 is 36.2 Å². The molecule has 41 heavy (non-hydrogen) atoms. The molecule has 0 radical (unpaired) electrons. The Balaban J connectivity index is 1.26. The van der Waals surface area contributed by atoms with Crippen LogP contribution in [-0.4, -0.2) is 92.9 Å². The summed E-state index contributed by atoms with van der Waals surface area (Å²) in [5.41, 5.74) is -1.25. The van der Waals surface area contributed by atoms with Crippen molar-refractivity contribution in [3.8, 4) is 0 Å². The molecule has 1 aromatic heterocycles. The van der Waals surface area contributed by atoms with E-state index in [2.05, 4.69) is 15.5 Å². The molecule has 4 heterocycles. The predicted octanol–water partition coefficient (Wildman–Crippen LogP) is 1.66. The van der Waals surface area contributed by atoms with Gasteiger partial charge < -0.3 is 19.9 Å². The number of benzene rings is 1. The van der Waals surface area contributed by atoms with Gasteiger partial charge in [-0.15, -0.1) is 22.0 Å². The third-order valence-corrected chi connectivity index (χ3v) is 8.96. The number of imide groups is 1. The number of carbonyl (C=O) groups excluding carboxylic acids is 3. The van der Waals surface area contributed by atoms with Crippen molar-refractivity contribution in [1.29, 1.82) is 0 Å². The number of carboxylic acids is 2. The van der Waals surface area contributed by atoms with E-state index in [0.717, 1.165) is 9.80 Å². The number of aromatic nitrogens is 2. The highest BCUT2D eigenvalue weighted by molar-refractivity contribution is 8.00. The molecule has 212 valence electrons. The van der Waals surface area contributed by atoms with Crippen LogP contribution < -0.4 is 5.32 Å². The van der Waals surface area contributed by atoms with E-state index in [1.165, 1.54) is 29.3 Å². The van der Waals surface area contributed by atoms with Gasteiger partial charge in [-0.3, -0.25) is 24.2 Å². The van der Waals surface area contributed by atoms with E-state index in [9.17, 15) is 34.2 Å². The smallest absolute Gasteiger partial charge is 0.353 e. The Kier molecular flexibility index (Phi) is 7.48. The lowest BCUT2D eigenvalue weighted by molar-refractivity contribution is -0.151. The number of nitrogens with one attached hydrogen (secondary N) is 1.